The first kappa shape index (κ1) is 16.8. The number of rotatable bonds is 3. The van der Waals surface area contributed by atoms with Crippen molar-refractivity contribution < 1.29 is 13.2 Å². The second-order valence-corrected chi connectivity index (χ2v) is 7.91. The first-order valence-corrected chi connectivity index (χ1v) is 9.25. The predicted molar refractivity (Wildman–Crippen MR) is 86.9 cm³/mol. The fraction of sp³-hybridized carbons (Fsp3) is 0.533. The molecule has 1 aliphatic rings. The van der Waals surface area contributed by atoms with E-state index in [1.807, 2.05) is 0 Å². The molecule has 2 atom stereocenters. The number of anilines is 1. The largest absolute Gasteiger partial charge is 0.334 e. The van der Waals surface area contributed by atoms with Gasteiger partial charge in [-0.3, -0.25) is 0 Å². The Labute approximate surface area is 131 Å². The van der Waals surface area contributed by atoms with Crippen LogP contribution in [0.25, 0.3) is 0 Å². The zero-order valence-corrected chi connectivity index (χ0v) is 14.0. The Morgan fingerprint density at radius 1 is 1.36 bits per heavy atom. The molecule has 0 radical (unpaired) electrons. The Kier molecular flexibility index (Phi) is 5.08. The van der Waals surface area contributed by atoms with Gasteiger partial charge in [0, 0.05) is 24.5 Å². The number of nitrogens with one attached hydrogen (secondary N) is 3. The van der Waals surface area contributed by atoms with E-state index in [0.29, 0.717) is 17.2 Å². The van der Waals surface area contributed by atoms with Crippen LogP contribution in [0.1, 0.15) is 18.9 Å². The highest BCUT2D eigenvalue weighted by atomic mass is 32.2. The van der Waals surface area contributed by atoms with Crippen LogP contribution in [0.3, 0.4) is 0 Å². The third-order valence-corrected chi connectivity index (χ3v) is 5.23. The number of hydrogen-bond donors (Lipinski definition) is 3. The number of carbonyl (C=O) groups is 1. The maximum Gasteiger partial charge on any atom is 0.319 e. The smallest absolute Gasteiger partial charge is 0.319 e. The number of benzene rings is 1. The fourth-order valence-electron chi connectivity index (χ4n) is 2.66. The predicted octanol–water partition coefficient (Wildman–Crippen LogP) is 1.52. The average Bonchev–Trinajstić information content (AvgIpc) is 2.40. The van der Waals surface area contributed by atoms with Gasteiger partial charge in [-0.05, 0) is 49.6 Å². The Bertz CT molecular complexity index is 658. The molecule has 0 saturated carbocycles. The van der Waals surface area contributed by atoms with Crippen LogP contribution >= 0.6 is 0 Å². The number of sulfone groups is 1. The topological polar surface area (TPSA) is 87.3 Å². The summed E-state index contributed by atoms with van der Waals surface area (Å²) >= 11 is 0. The Balaban J connectivity index is 2.01. The summed E-state index contributed by atoms with van der Waals surface area (Å²) in [4.78, 5) is 12.3. The van der Waals surface area contributed by atoms with Crippen LogP contribution in [0.2, 0.25) is 0 Å². The highest BCUT2D eigenvalue weighted by molar-refractivity contribution is 7.90. The van der Waals surface area contributed by atoms with Crippen molar-refractivity contribution in [3.05, 3.63) is 23.8 Å². The number of urea groups is 1. The lowest BCUT2D eigenvalue weighted by Crippen LogP contribution is -2.51. The molecule has 0 spiro atoms. The summed E-state index contributed by atoms with van der Waals surface area (Å²) in [5.74, 6) is 0.432. The highest BCUT2D eigenvalue weighted by Crippen LogP contribution is 2.19. The fourth-order valence-corrected chi connectivity index (χ4v) is 3.62. The maximum absolute atomic E-state index is 12.1. The molecule has 1 aliphatic heterocycles. The first-order chi connectivity index (χ1) is 10.3. The minimum Gasteiger partial charge on any atom is -0.334 e. The van der Waals surface area contributed by atoms with Gasteiger partial charge in [0.05, 0.1) is 4.90 Å². The van der Waals surface area contributed by atoms with Crippen molar-refractivity contribution in [2.24, 2.45) is 5.92 Å². The van der Waals surface area contributed by atoms with Crippen LogP contribution in [0.15, 0.2) is 23.1 Å². The van der Waals surface area contributed by atoms with Crippen LogP contribution in [0, 0.1) is 12.8 Å². The van der Waals surface area contributed by atoms with Crippen LogP contribution in [0.5, 0.6) is 0 Å². The van der Waals surface area contributed by atoms with E-state index in [4.69, 9.17) is 0 Å². The van der Waals surface area contributed by atoms with Crippen molar-refractivity contribution in [3.8, 4) is 0 Å². The van der Waals surface area contributed by atoms with Gasteiger partial charge < -0.3 is 16.0 Å². The van der Waals surface area contributed by atoms with E-state index >= 15 is 0 Å². The lowest BCUT2D eigenvalue weighted by atomic mass is 9.95. The summed E-state index contributed by atoms with van der Waals surface area (Å²) in [6.45, 7) is 5.58. The average molecular weight is 325 g/mol. The monoisotopic (exact) mass is 325 g/mol. The lowest BCUT2D eigenvalue weighted by Gasteiger charge is -2.30. The number of aryl methyl sites for hydroxylation is 1. The van der Waals surface area contributed by atoms with E-state index in [0.717, 1.165) is 19.5 Å². The number of hydrogen-bond acceptors (Lipinski definition) is 4. The molecule has 22 heavy (non-hydrogen) atoms. The lowest BCUT2D eigenvalue weighted by molar-refractivity contribution is 0.236. The third kappa shape index (κ3) is 4.20. The van der Waals surface area contributed by atoms with E-state index in [2.05, 4.69) is 22.9 Å². The molecule has 122 valence electrons. The molecule has 2 amide bonds. The Morgan fingerprint density at radius 3 is 2.68 bits per heavy atom. The van der Waals surface area contributed by atoms with Crippen molar-refractivity contribution in [3.63, 3.8) is 0 Å². The standard InChI is InChI=1S/C15H23N3O3S/c1-10-6-7-16-9-13(10)18-15(19)17-12-4-5-14(11(2)8-12)22(3,20)21/h4-5,8,10,13,16H,6-7,9H2,1-3H3,(H2,17,18,19). The molecule has 1 heterocycles. The van der Waals surface area contributed by atoms with Gasteiger partial charge in [0.2, 0.25) is 0 Å². The number of piperidine rings is 1. The Hall–Kier alpha value is -1.60. The summed E-state index contributed by atoms with van der Waals surface area (Å²) in [5, 5.41) is 8.97. The van der Waals surface area contributed by atoms with E-state index in [1.165, 1.54) is 12.3 Å². The molecule has 1 fully saturated rings. The summed E-state index contributed by atoms with van der Waals surface area (Å²) < 4.78 is 23.2. The molecule has 3 N–H and O–H groups in total. The summed E-state index contributed by atoms with van der Waals surface area (Å²) in [5.41, 5.74) is 1.20. The SMILES string of the molecule is Cc1cc(NC(=O)NC2CNCCC2C)ccc1S(C)(=O)=O. The van der Waals surface area contributed by atoms with E-state index in [9.17, 15) is 13.2 Å². The van der Waals surface area contributed by atoms with Gasteiger partial charge in [-0.2, -0.15) is 0 Å². The van der Waals surface area contributed by atoms with Gasteiger partial charge in [-0.25, -0.2) is 13.2 Å². The highest BCUT2D eigenvalue weighted by Gasteiger charge is 2.22. The molecular weight excluding hydrogens is 302 g/mol. The second kappa shape index (κ2) is 6.66. The van der Waals surface area contributed by atoms with E-state index in [1.54, 1.807) is 19.1 Å². The first-order valence-electron chi connectivity index (χ1n) is 7.36. The molecule has 1 saturated heterocycles. The van der Waals surface area contributed by atoms with Gasteiger partial charge >= 0.3 is 6.03 Å². The minimum absolute atomic E-state index is 0.102. The van der Waals surface area contributed by atoms with Crippen LogP contribution < -0.4 is 16.0 Å². The van der Waals surface area contributed by atoms with Crippen molar-refractivity contribution in [1.82, 2.24) is 10.6 Å². The van der Waals surface area contributed by atoms with Crippen molar-refractivity contribution in [2.75, 3.05) is 24.7 Å². The third-order valence-electron chi connectivity index (χ3n) is 3.98. The van der Waals surface area contributed by atoms with Crippen molar-refractivity contribution in [1.29, 1.82) is 0 Å². The molecule has 2 unspecified atom stereocenters. The van der Waals surface area contributed by atoms with Crippen molar-refractivity contribution in [2.45, 2.75) is 31.2 Å². The molecule has 1 aromatic carbocycles. The van der Waals surface area contributed by atoms with Crippen LogP contribution in [0.4, 0.5) is 10.5 Å². The number of amides is 2. The quantitative estimate of drug-likeness (QED) is 0.786. The maximum atomic E-state index is 12.1. The molecule has 0 bridgehead atoms. The molecular formula is C15H23N3O3S. The molecule has 2 rings (SSSR count). The molecule has 7 heteroatoms. The van der Waals surface area contributed by atoms with Crippen LogP contribution in [-0.4, -0.2) is 39.8 Å². The Morgan fingerprint density at radius 2 is 2.09 bits per heavy atom. The van der Waals surface area contributed by atoms with Gasteiger partial charge in [0.25, 0.3) is 0 Å². The van der Waals surface area contributed by atoms with Crippen molar-refractivity contribution >= 4 is 21.6 Å². The molecule has 0 aromatic heterocycles. The zero-order valence-electron chi connectivity index (χ0n) is 13.1. The van der Waals surface area contributed by atoms with Crippen LogP contribution in [-0.2, 0) is 9.84 Å². The number of carbonyl (C=O) groups excluding carboxylic acids is 1. The summed E-state index contributed by atoms with van der Waals surface area (Å²) in [7, 11) is -3.25. The summed E-state index contributed by atoms with van der Waals surface area (Å²) in [6.07, 6.45) is 2.21. The van der Waals surface area contributed by atoms with Gasteiger partial charge in [0.15, 0.2) is 9.84 Å². The molecule has 0 aliphatic carbocycles. The van der Waals surface area contributed by atoms with Gasteiger partial charge in [0.1, 0.15) is 0 Å². The summed E-state index contributed by atoms with van der Waals surface area (Å²) in [6, 6.07) is 4.62. The van der Waals surface area contributed by atoms with Gasteiger partial charge in [-0.1, -0.05) is 6.92 Å². The zero-order chi connectivity index (χ0) is 16.3. The van der Waals surface area contributed by atoms with E-state index in [-0.39, 0.29) is 17.0 Å². The second-order valence-electron chi connectivity index (χ2n) is 5.93. The van der Waals surface area contributed by atoms with E-state index < -0.39 is 9.84 Å². The minimum atomic E-state index is -3.25. The molecule has 1 aromatic rings. The normalized spacial score (nSPS) is 22.1. The van der Waals surface area contributed by atoms with Gasteiger partial charge in [-0.15, -0.1) is 0 Å². The molecule has 6 nitrogen and oxygen atoms in total.